The molecule has 1 aliphatic heterocycles. The standard InChI is InChI=1S/C22H16ClN3O3S2/c1-13-10-15(14(2)24(13)17-8-6-16(23)7-9-17)11-20-21(27)25(22(30)31-20)18-4-3-5-19(12-18)26(28)29/h3-12H,1-2H3/b20-11-. The van der Waals surface area contributed by atoms with Crippen LogP contribution in [0.5, 0.6) is 0 Å². The number of thioether (sulfide) groups is 1. The molecule has 2 aromatic carbocycles. The van der Waals surface area contributed by atoms with Crippen LogP contribution in [0.2, 0.25) is 5.02 Å². The first-order chi connectivity index (χ1) is 14.8. The number of aromatic nitrogens is 1. The van der Waals surface area contributed by atoms with Gasteiger partial charge in [-0.2, -0.15) is 0 Å². The Kier molecular flexibility index (Phi) is 5.70. The Morgan fingerprint density at radius 3 is 2.48 bits per heavy atom. The number of thiocarbonyl (C=S) groups is 1. The molecular formula is C22H16ClN3O3S2. The fourth-order valence-corrected chi connectivity index (χ4v) is 4.91. The Hall–Kier alpha value is -2.94. The summed E-state index contributed by atoms with van der Waals surface area (Å²) in [6.45, 7) is 3.97. The highest BCUT2D eigenvalue weighted by molar-refractivity contribution is 8.27. The van der Waals surface area contributed by atoms with Gasteiger partial charge >= 0.3 is 0 Å². The molecule has 31 heavy (non-hydrogen) atoms. The number of amides is 1. The van der Waals surface area contributed by atoms with Gasteiger partial charge < -0.3 is 4.57 Å². The maximum absolute atomic E-state index is 13.1. The number of nitro groups is 1. The van der Waals surface area contributed by atoms with Crippen molar-refractivity contribution in [2.75, 3.05) is 4.90 Å². The smallest absolute Gasteiger partial charge is 0.271 e. The number of halogens is 1. The molecule has 9 heteroatoms. The van der Waals surface area contributed by atoms with E-state index in [-0.39, 0.29) is 11.6 Å². The van der Waals surface area contributed by atoms with Crippen LogP contribution < -0.4 is 4.90 Å². The number of benzene rings is 2. The van der Waals surface area contributed by atoms with Crippen LogP contribution in [-0.2, 0) is 4.79 Å². The summed E-state index contributed by atoms with van der Waals surface area (Å²) in [4.78, 5) is 25.5. The van der Waals surface area contributed by atoms with Gasteiger partial charge in [0, 0.05) is 34.2 Å². The fourth-order valence-electron chi connectivity index (χ4n) is 3.50. The molecule has 4 rings (SSSR count). The third-order valence-corrected chi connectivity index (χ3v) is 6.49. The number of non-ortho nitro benzene ring substituents is 1. The van der Waals surface area contributed by atoms with Crippen LogP contribution in [0.25, 0.3) is 11.8 Å². The first-order valence-electron chi connectivity index (χ1n) is 9.23. The molecule has 0 atom stereocenters. The van der Waals surface area contributed by atoms with Crippen LogP contribution in [0, 0.1) is 24.0 Å². The van der Waals surface area contributed by atoms with Gasteiger partial charge in [0.1, 0.15) is 0 Å². The summed E-state index contributed by atoms with van der Waals surface area (Å²) in [5.41, 5.74) is 4.14. The van der Waals surface area contributed by atoms with Crippen molar-refractivity contribution in [3.8, 4) is 5.69 Å². The Morgan fingerprint density at radius 1 is 1.10 bits per heavy atom. The van der Waals surface area contributed by atoms with Crippen molar-refractivity contribution < 1.29 is 9.72 Å². The highest BCUT2D eigenvalue weighted by Gasteiger charge is 2.34. The van der Waals surface area contributed by atoms with Gasteiger partial charge in [-0.1, -0.05) is 41.6 Å². The van der Waals surface area contributed by atoms with Crippen molar-refractivity contribution in [3.05, 3.63) is 91.6 Å². The minimum atomic E-state index is -0.497. The summed E-state index contributed by atoms with van der Waals surface area (Å²) in [7, 11) is 0. The predicted molar refractivity (Wildman–Crippen MR) is 129 cm³/mol. The monoisotopic (exact) mass is 469 g/mol. The van der Waals surface area contributed by atoms with Crippen molar-refractivity contribution >= 4 is 63.3 Å². The molecule has 2 heterocycles. The zero-order chi connectivity index (χ0) is 22.3. The van der Waals surface area contributed by atoms with Crippen molar-refractivity contribution in [2.24, 2.45) is 0 Å². The molecule has 0 unspecified atom stereocenters. The first-order valence-corrected chi connectivity index (χ1v) is 10.8. The number of rotatable bonds is 4. The third-order valence-electron chi connectivity index (χ3n) is 4.93. The molecule has 3 aromatic rings. The van der Waals surface area contributed by atoms with Crippen LogP contribution in [0.15, 0.2) is 59.5 Å². The number of aryl methyl sites for hydroxylation is 1. The van der Waals surface area contributed by atoms with Gasteiger partial charge in [0.2, 0.25) is 0 Å². The molecule has 1 aliphatic rings. The van der Waals surface area contributed by atoms with Crippen molar-refractivity contribution in [1.29, 1.82) is 0 Å². The maximum atomic E-state index is 13.1. The summed E-state index contributed by atoms with van der Waals surface area (Å²) in [5, 5.41) is 11.8. The second-order valence-electron chi connectivity index (χ2n) is 6.93. The molecular weight excluding hydrogens is 454 g/mol. The number of carbonyl (C=O) groups excluding carboxylic acids is 1. The van der Waals surface area contributed by atoms with E-state index in [0.717, 1.165) is 22.6 Å². The molecule has 1 aromatic heterocycles. The molecule has 156 valence electrons. The van der Waals surface area contributed by atoms with E-state index in [4.69, 9.17) is 23.8 Å². The second kappa shape index (κ2) is 8.30. The van der Waals surface area contributed by atoms with E-state index in [1.54, 1.807) is 6.07 Å². The van der Waals surface area contributed by atoms with Gasteiger partial charge in [-0.25, -0.2) is 0 Å². The predicted octanol–water partition coefficient (Wildman–Crippen LogP) is 6.06. The molecule has 1 saturated heterocycles. The fraction of sp³-hybridized carbons (Fsp3) is 0.0909. The molecule has 0 spiro atoms. The molecule has 6 nitrogen and oxygen atoms in total. The van der Waals surface area contributed by atoms with Crippen molar-refractivity contribution in [2.45, 2.75) is 13.8 Å². The van der Waals surface area contributed by atoms with Crippen LogP contribution in [0.3, 0.4) is 0 Å². The summed E-state index contributed by atoms with van der Waals surface area (Å²) in [6, 6.07) is 15.4. The minimum Gasteiger partial charge on any atom is -0.318 e. The van der Waals surface area contributed by atoms with Crippen LogP contribution >= 0.6 is 35.6 Å². The van der Waals surface area contributed by atoms with Gasteiger partial charge in [0.15, 0.2) is 4.32 Å². The van der Waals surface area contributed by atoms with Crippen LogP contribution in [0.4, 0.5) is 11.4 Å². The van der Waals surface area contributed by atoms with Gasteiger partial charge in [-0.3, -0.25) is 19.8 Å². The Labute approximate surface area is 193 Å². The largest absolute Gasteiger partial charge is 0.318 e. The second-order valence-corrected chi connectivity index (χ2v) is 9.04. The lowest BCUT2D eigenvalue weighted by atomic mass is 10.2. The molecule has 0 radical (unpaired) electrons. The summed E-state index contributed by atoms with van der Waals surface area (Å²) in [5.74, 6) is -0.299. The number of hydrogen-bond donors (Lipinski definition) is 0. The SMILES string of the molecule is Cc1cc(/C=C2\SC(=S)N(c3cccc([N+](=O)[O-])c3)C2=O)c(C)n1-c1ccc(Cl)cc1. The van der Waals surface area contributed by atoms with E-state index in [2.05, 4.69) is 4.57 Å². The normalized spacial score (nSPS) is 15.2. The average molecular weight is 470 g/mol. The van der Waals surface area contributed by atoms with Crippen LogP contribution in [-0.4, -0.2) is 19.7 Å². The molecule has 0 bridgehead atoms. The number of nitrogens with zero attached hydrogens (tertiary/aromatic N) is 3. The van der Waals surface area contributed by atoms with Crippen molar-refractivity contribution in [3.63, 3.8) is 0 Å². The van der Waals surface area contributed by atoms with E-state index >= 15 is 0 Å². The minimum absolute atomic E-state index is 0.0953. The zero-order valence-electron chi connectivity index (χ0n) is 16.5. The topological polar surface area (TPSA) is 68.4 Å². The third kappa shape index (κ3) is 4.01. The van der Waals surface area contributed by atoms with E-state index in [1.807, 2.05) is 50.3 Å². The molecule has 1 amide bonds. The number of anilines is 1. The van der Waals surface area contributed by atoms with E-state index < -0.39 is 4.92 Å². The lowest BCUT2D eigenvalue weighted by Crippen LogP contribution is -2.27. The first kappa shape index (κ1) is 21.3. The van der Waals surface area contributed by atoms with Crippen LogP contribution in [0.1, 0.15) is 17.0 Å². The zero-order valence-corrected chi connectivity index (χ0v) is 18.9. The number of nitro benzene ring substituents is 1. The summed E-state index contributed by atoms with van der Waals surface area (Å²) < 4.78 is 2.42. The lowest BCUT2D eigenvalue weighted by Gasteiger charge is -2.13. The highest BCUT2D eigenvalue weighted by Crippen LogP contribution is 2.37. The Bertz CT molecular complexity index is 1270. The summed E-state index contributed by atoms with van der Waals surface area (Å²) in [6.07, 6.45) is 1.81. The van der Waals surface area contributed by atoms with Gasteiger partial charge in [-0.15, -0.1) is 0 Å². The molecule has 0 aliphatic carbocycles. The summed E-state index contributed by atoms with van der Waals surface area (Å²) >= 11 is 12.6. The van der Waals surface area contributed by atoms with E-state index in [0.29, 0.717) is 19.9 Å². The van der Waals surface area contributed by atoms with Gasteiger partial charge in [-0.05, 0) is 61.9 Å². The molecule has 0 saturated carbocycles. The number of hydrogen-bond acceptors (Lipinski definition) is 5. The van der Waals surface area contributed by atoms with Gasteiger partial charge in [0.25, 0.3) is 11.6 Å². The highest BCUT2D eigenvalue weighted by atomic mass is 35.5. The van der Waals surface area contributed by atoms with E-state index in [1.165, 1.54) is 34.9 Å². The lowest BCUT2D eigenvalue weighted by molar-refractivity contribution is -0.384. The maximum Gasteiger partial charge on any atom is 0.271 e. The quantitative estimate of drug-likeness (QED) is 0.201. The average Bonchev–Trinajstić information content (AvgIpc) is 3.17. The van der Waals surface area contributed by atoms with E-state index in [9.17, 15) is 14.9 Å². The Balaban J connectivity index is 1.69. The molecule has 0 N–H and O–H groups in total. The number of carbonyl (C=O) groups is 1. The van der Waals surface area contributed by atoms with Gasteiger partial charge in [0.05, 0.1) is 15.5 Å². The molecule has 1 fully saturated rings. The Morgan fingerprint density at radius 2 is 1.81 bits per heavy atom. The van der Waals surface area contributed by atoms with Crippen molar-refractivity contribution in [1.82, 2.24) is 4.57 Å².